The molecule has 88 valence electrons. The molecule has 2 rings (SSSR count). The van der Waals surface area contributed by atoms with Crippen LogP contribution in [-0.2, 0) is 0 Å². The van der Waals surface area contributed by atoms with E-state index in [4.69, 9.17) is 0 Å². The summed E-state index contributed by atoms with van der Waals surface area (Å²) in [6.45, 7) is 0. The zero-order valence-electron chi connectivity index (χ0n) is 8.44. The molecule has 1 unspecified atom stereocenters. The Hall–Kier alpha value is -1.40. The van der Waals surface area contributed by atoms with Crippen LogP contribution in [0.3, 0.4) is 0 Å². The number of benzene rings is 1. The van der Waals surface area contributed by atoms with Crippen molar-refractivity contribution in [2.75, 3.05) is 0 Å². The predicted octanol–water partition coefficient (Wildman–Crippen LogP) is 2.60. The Morgan fingerprint density at radius 3 is 2.47 bits per heavy atom. The average molecular weight is 301 g/mol. The second-order valence-electron chi connectivity index (χ2n) is 3.34. The molecule has 0 aliphatic heterocycles. The zero-order chi connectivity index (χ0) is 12.4. The largest absolute Gasteiger partial charge is 0.383 e. The molecule has 1 aromatic heterocycles. The summed E-state index contributed by atoms with van der Waals surface area (Å²) in [5.74, 6) is -2.00. The highest BCUT2D eigenvalue weighted by Crippen LogP contribution is 2.30. The van der Waals surface area contributed by atoms with Crippen LogP contribution in [0, 0.1) is 11.6 Å². The molecule has 1 aromatic carbocycles. The lowest BCUT2D eigenvalue weighted by molar-refractivity contribution is 0.217. The van der Waals surface area contributed by atoms with Crippen LogP contribution < -0.4 is 0 Å². The highest BCUT2D eigenvalue weighted by atomic mass is 79.9. The van der Waals surface area contributed by atoms with E-state index in [0.29, 0.717) is 5.56 Å². The molecule has 0 aliphatic rings. The first kappa shape index (κ1) is 12.1. The Bertz CT molecular complexity index is 536. The Morgan fingerprint density at radius 2 is 1.82 bits per heavy atom. The van der Waals surface area contributed by atoms with E-state index in [9.17, 15) is 13.9 Å². The van der Waals surface area contributed by atoms with Crippen LogP contribution in [0.5, 0.6) is 0 Å². The number of nitrogens with zero attached hydrogens (tertiary/aromatic N) is 2. The van der Waals surface area contributed by atoms with Gasteiger partial charge in [0.2, 0.25) is 0 Å². The fourth-order valence-electron chi connectivity index (χ4n) is 1.38. The number of halogens is 3. The smallest absolute Gasteiger partial charge is 0.173 e. The quantitative estimate of drug-likeness (QED) is 0.867. The third-order valence-corrected chi connectivity index (χ3v) is 3.06. The molecule has 3 nitrogen and oxygen atoms in total. The minimum atomic E-state index is -1.11. The van der Waals surface area contributed by atoms with Gasteiger partial charge in [0.25, 0.3) is 0 Å². The molecule has 0 saturated heterocycles. The lowest BCUT2D eigenvalue weighted by Gasteiger charge is -2.13. The minimum absolute atomic E-state index is 0.103. The third-order valence-electron chi connectivity index (χ3n) is 2.26. The fourth-order valence-corrected chi connectivity index (χ4v) is 1.92. The molecule has 6 heteroatoms. The second-order valence-corrected chi connectivity index (χ2v) is 4.13. The minimum Gasteiger partial charge on any atom is -0.383 e. The molecular formula is C11H7BrF2N2O. The van der Waals surface area contributed by atoms with Crippen molar-refractivity contribution in [3.05, 3.63) is 58.1 Å². The maximum Gasteiger partial charge on any atom is 0.173 e. The molecule has 1 atom stereocenters. The molecule has 0 fully saturated rings. The highest BCUT2D eigenvalue weighted by Gasteiger charge is 2.18. The number of aliphatic hydroxyl groups is 1. The van der Waals surface area contributed by atoms with Crippen LogP contribution in [0.15, 0.2) is 35.3 Å². The fraction of sp³-hybridized carbons (Fsp3) is 0.0909. The molecule has 0 spiro atoms. The molecule has 2 aromatic rings. The summed E-state index contributed by atoms with van der Waals surface area (Å²) in [7, 11) is 0. The van der Waals surface area contributed by atoms with Crippen LogP contribution in [0.4, 0.5) is 8.78 Å². The van der Waals surface area contributed by atoms with Crippen LogP contribution in [-0.4, -0.2) is 15.1 Å². The van der Waals surface area contributed by atoms with Crippen molar-refractivity contribution in [2.24, 2.45) is 0 Å². The monoisotopic (exact) mass is 300 g/mol. The first-order valence-electron chi connectivity index (χ1n) is 4.67. The molecule has 0 amide bonds. The summed E-state index contributed by atoms with van der Waals surface area (Å²) < 4.78 is 26.1. The maximum absolute atomic E-state index is 13.3. The van der Waals surface area contributed by atoms with E-state index in [1.807, 2.05) is 0 Å². The van der Waals surface area contributed by atoms with E-state index in [2.05, 4.69) is 25.9 Å². The molecule has 0 aliphatic carbocycles. The third kappa shape index (κ3) is 2.32. The van der Waals surface area contributed by atoms with Crippen molar-refractivity contribution in [3.8, 4) is 0 Å². The highest BCUT2D eigenvalue weighted by molar-refractivity contribution is 9.10. The number of hydrogen-bond acceptors (Lipinski definition) is 3. The number of hydrogen-bond donors (Lipinski definition) is 1. The summed E-state index contributed by atoms with van der Waals surface area (Å²) in [5, 5.41) is 9.99. The van der Waals surface area contributed by atoms with Gasteiger partial charge in [0.05, 0.1) is 4.47 Å². The number of aliphatic hydroxyl groups excluding tert-OH is 1. The van der Waals surface area contributed by atoms with Gasteiger partial charge in [0, 0.05) is 23.5 Å². The van der Waals surface area contributed by atoms with Gasteiger partial charge >= 0.3 is 0 Å². The molecule has 0 bridgehead atoms. The van der Waals surface area contributed by atoms with Gasteiger partial charge < -0.3 is 5.11 Å². The molecule has 1 heterocycles. The molecule has 0 radical (unpaired) electrons. The van der Waals surface area contributed by atoms with Crippen LogP contribution >= 0.6 is 15.9 Å². The first-order chi connectivity index (χ1) is 8.11. The van der Waals surface area contributed by atoms with Gasteiger partial charge in [-0.1, -0.05) is 6.07 Å². The number of rotatable bonds is 2. The number of aromatic nitrogens is 2. The van der Waals surface area contributed by atoms with Gasteiger partial charge in [0.1, 0.15) is 12.4 Å². The van der Waals surface area contributed by atoms with E-state index < -0.39 is 17.7 Å². The molecule has 1 N–H and O–H groups in total. The topological polar surface area (TPSA) is 46.0 Å². The standard InChI is InChI=1S/C11H7BrF2N2O/c12-9-7(1-2-8(13)10(9)14)11(17)6-3-15-5-16-4-6/h1-5,11,17H. The van der Waals surface area contributed by atoms with Crippen molar-refractivity contribution >= 4 is 15.9 Å². The summed E-state index contributed by atoms with van der Waals surface area (Å²) >= 11 is 2.91. The van der Waals surface area contributed by atoms with Gasteiger partial charge in [-0.05, 0) is 22.0 Å². The van der Waals surface area contributed by atoms with E-state index >= 15 is 0 Å². The van der Waals surface area contributed by atoms with E-state index in [1.165, 1.54) is 24.8 Å². The molecular weight excluding hydrogens is 294 g/mol. The van der Waals surface area contributed by atoms with Gasteiger partial charge in [-0.25, -0.2) is 18.7 Å². The average Bonchev–Trinajstić information content (AvgIpc) is 2.36. The molecule has 0 saturated carbocycles. The van der Waals surface area contributed by atoms with E-state index in [0.717, 1.165) is 6.07 Å². The SMILES string of the molecule is OC(c1cncnc1)c1ccc(F)c(F)c1Br. The lowest BCUT2D eigenvalue weighted by Crippen LogP contribution is -2.03. The van der Waals surface area contributed by atoms with Crippen LogP contribution in [0.1, 0.15) is 17.2 Å². The van der Waals surface area contributed by atoms with Gasteiger partial charge in [-0.2, -0.15) is 0 Å². The zero-order valence-corrected chi connectivity index (χ0v) is 10.0. The summed E-state index contributed by atoms with van der Waals surface area (Å²) in [6, 6.07) is 2.27. The normalized spacial score (nSPS) is 12.5. The van der Waals surface area contributed by atoms with E-state index in [1.54, 1.807) is 0 Å². The van der Waals surface area contributed by atoms with Crippen molar-refractivity contribution in [2.45, 2.75) is 6.10 Å². The van der Waals surface area contributed by atoms with Crippen molar-refractivity contribution in [1.29, 1.82) is 0 Å². The Morgan fingerprint density at radius 1 is 1.18 bits per heavy atom. The van der Waals surface area contributed by atoms with Crippen molar-refractivity contribution in [3.63, 3.8) is 0 Å². The lowest BCUT2D eigenvalue weighted by atomic mass is 10.0. The van der Waals surface area contributed by atoms with E-state index in [-0.39, 0.29) is 10.0 Å². The van der Waals surface area contributed by atoms with Crippen LogP contribution in [0.2, 0.25) is 0 Å². The molecule has 17 heavy (non-hydrogen) atoms. The second kappa shape index (κ2) is 4.85. The Balaban J connectivity index is 2.45. The maximum atomic E-state index is 13.3. The van der Waals surface area contributed by atoms with Crippen molar-refractivity contribution in [1.82, 2.24) is 9.97 Å². The summed E-state index contributed by atoms with van der Waals surface area (Å²) in [5.41, 5.74) is 0.623. The van der Waals surface area contributed by atoms with Gasteiger partial charge in [-0.3, -0.25) is 0 Å². The summed E-state index contributed by atoms with van der Waals surface area (Å²) in [6.07, 6.45) is 3.02. The predicted molar refractivity (Wildman–Crippen MR) is 60.2 cm³/mol. The Kier molecular flexibility index (Phi) is 3.44. The van der Waals surface area contributed by atoms with Gasteiger partial charge in [0.15, 0.2) is 11.6 Å². The van der Waals surface area contributed by atoms with Crippen molar-refractivity contribution < 1.29 is 13.9 Å². The van der Waals surface area contributed by atoms with Gasteiger partial charge in [-0.15, -0.1) is 0 Å². The Labute approximate surface area is 104 Å². The summed E-state index contributed by atoms with van der Waals surface area (Å²) in [4.78, 5) is 7.49. The van der Waals surface area contributed by atoms with Crippen LogP contribution in [0.25, 0.3) is 0 Å². The first-order valence-corrected chi connectivity index (χ1v) is 5.47.